The highest BCUT2D eigenvalue weighted by molar-refractivity contribution is 6.30. The molecule has 0 bridgehead atoms. The minimum Gasteiger partial charge on any atom is -0.478 e. The molecule has 0 radical (unpaired) electrons. The van der Waals surface area contributed by atoms with Crippen LogP contribution in [0.25, 0.3) is 0 Å². The molecule has 3 fully saturated rings. The van der Waals surface area contributed by atoms with Gasteiger partial charge >= 0.3 is 12.1 Å². The molecule has 1 unspecified atom stereocenters. The summed E-state index contributed by atoms with van der Waals surface area (Å²) in [5.41, 5.74) is 3.05. The van der Waals surface area contributed by atoms with Crippen molar-refractivity contribution in [2.45, 2.75) is 238 Å². The average molecular weight is 984 g/mol. The van der Waals surface area contributed by atoms with Crippen molar-refractivity contribution in [3.63, 3.8) is 0 Å². The molecule has 0 aliphatic heterocycles. The summed E-state index contributed by atoms with van der Waals surface area (Å²) in [6, 6.07) is 15.0. The highest BCUT2D eigenvalue weighted by Gasteiger charge is 2.39. The molecule has 3 saturated carbocycles. The fourth-order valence-electron chi connectivity index (χ4n) is 9.20. The van der Waals surface area contributed by atoms with Crippen LogP contribution in [0.4, 0.5) is 17.6 Å². The zero-order chi connectivity index (χ0) is 50.4. The van der Waals surface area contributed by atoms with Gasteiger partial charge in [0.1, 0.15) is 5.67 Å². The van der Waals surface area contributed by atoms with E-state index in [0.717, 1.165) is 90.5 Å². The van der Waals surface area contributed by atoms with Crippen molar-refractivity contribution in [1.29, 1.82) is 0 Å². The number of carboxylic acids is 1. The van der Waals surface area contributed by atoms with Gasteiger partial charge in [-0.25, -0.2) is 9.18 Å². The van der Waals surface area contributed by atoms with Crippen LogP contribution in [0.2, 0.25) is 5.02 Å². The Morgan fingerprint density at radius 2 is 1.07 bits per heavy atom. The minimum atomic E-state index is -4.00. The number of carboxylic acid groups (broad SMARTS) is 1. The third kappa shape index (κ3) is 28.5. The second-order valence-electron chi connectivity index (χ2n) is 22.3. The first-order valence-electron chi connectivity index (χ1n) is 25.8. The SMILES string of the molecule is C.C.CC(C)C1=CCC(C(F)(F)F)CC1.CC(C)C1CCC(C)(F)CC1.CC(C)C1CCC(O)CC1.CC(C)c1cccc(C(=O)O)c1.CC(C)c1cccc(Cl)c1.CC1CCC(C(C)C)CC1. The lowest BCUT2D eigenvalue weighted by Gasteiger charge is -2.33. The van der Waals surface area contributed by atoms with Gasteiger partial charge in [-0.2, -0.15) is 13.2 Å². The van der Waals surface area contributed by atoms with Crippen LogP contribution in [-0.4, -0.2) is 34.1 Å². The zero-order valence-corrected chi connectivity index (χ0v) is 44.7. The summed E-state index contributed by atoms with van der Waals surface area (Å²) in [5.74, 6) is 5.56. The van der Waals surface area contributed by atoms with Crippen LogP contribution in [0.5, 0.6) is 0 Å². The summed E-state index contributed by atoms with van der Waals surface area (Å²) in [4.78, 5) is 10.6. The number of aliphatic hydroxyl groups is 1. The second-order valence-corrected chi connectivity index (χ2v) is 22.7. The van der Waals surface area contributed by atoms with Crippen LogP contribution in [0.15, 0.2) is 60.2 Å². The standard InChI is InChI=1S/C10H15F3.C10H19F.C10H12O2.C10H20.C9H11Cl.C9H18O.2CH4/c1-7(2)8-3-5-9(6-4-8)10(11,12)13;1-8(2)9-4-6-10(3,11)7-5-9;1-7(2)8-4-3-5-9(6-8)10(11)12;1-8(2)10-6-4-9(3)5-7-10;1-7(2)8-4-3-5-9(10)6-8;1-7(2)8-3-5-9(10)6-4-8;;/h3,7,9H,4-6H2,1-2H3;8-9H,4-7H2,1-3H3;3-7H,1-2H3,(H,11,12);8-10H,4-7H2,1-3H3;3-7H,1-2H3;7-10H,3-6H2,1-2H3;2*1H4. The molecule has 1 atom stereocenters. The molecular weight excluding hydrogens is 880 g/mol. The Kier molecular flexibility index (Phi) is 33.9. The number of benzene rings is 2. The van der Waals surface area contributed by atoms with Crippen LogP contribution in [0.1, 0.15) is 241 Å². The van der Waals surface area contributed by atoms with Crippen LogP contribution >= 0.6 is 11.6 Å². The van der Waals surface area contributed by atoms with Gasteiger partial charge in [-0.15, -0.1) is 0 Å². The highest BCUT2D eigenvalue weighted by Crippen LogP contribution is 2.39. The Morgan fingerprint density at radius 3 is 1.43 bits per heavy atom. The maximum atomic E-state index is 13.3. The molecule has 2 aromatic rings. The van der Waals surface area contributed by atoms with E-state index < -0.39 is 23.7 Å². The number of halogens is 5. The molecule has 8 heteroatoms. The van der Waals surface area contributed by atoms with Crippen molar-refractivity contribution in [1.82, 2.24) is 0 Å². The first-order chi connectivity index (χ1) is 30.6. The number of aromatic carboxylic acids is 1. The Morgan fingerprint density at radius 1 is 0.647 bits per heavy atom. The fourth-order valence-corrected chi connectivity index (χ4v) is 9.40. The monoisotopic (exact) mass is 983 g/mol. The van der Waals surface area contributed by atoms with Crippen LogP contribution < -0.4 is 0 Å². The van der Waals surface area contributed by atoms with E-state index in [2.05, 4.69) is 68.4 Å². The number of alkyl halides is 4. The first-order valence-corrected chi connectivity index (χ1v) is 26.2. The molecule has 0 aromatic heterocycles. The molecule has 0 amide bonds. The summed E-state index contributed by atoms with van der Waals surface area (Å²) in [7, 11) is 0. The van der Waals surface area contributed by atoms with Gasteiger partial charge in [0.05, 0.1) is 17.6 Å². The smallest absolute Gasteiger partial charge is 0.392 e. The van der Waals surface area contributed by atoms with E-state index in [1.807, 2.05) is 52.0 Å². The molecule has 0 spiro atoms. The molecule has 68 heavy (non-hydrogen) atoms. The van der Waals surface area contributed by atoms with E-state index in [1.54, 1.807) is 31.2 Å². The number of aliphatic hydroxyl groups excluding tert-OH is 1. The predicted octanol–water partition coefficient (Wildman–Crippen LogP) is 20.4. The van der Waals surface area contributed by atoms with Gasteiger partial charge in [-0.3, -0.25) is 0 Å². The number of rotatable bonds is 7. The van der Waals surface area contributed by atoms with E-state index in [-0.39, 0.29) is 33.8 Å². The number of hydrogen-bond donors (Lipinski definition) is 2. The molecule has 4 aliphatic rings. The molecule has 0 saturated heterocycles. The van der Waals surface area contributed by atoms with Crippen LogP contribution in [0, 0.1) is 53.3 Å². The van der Waals surface area contributed by atoms with E-state index in [4.69, 9.17) is 16.7 Å². The topological polar surface area (TPSA) is 57.5 Å². The number of allylic oxidation sites excluding steroid dienone is 2. The Labute approximate surface area is 421 Å². The third-order valence-electron chi connectivity index (χ3n) is 14.7. The molecular formula is C60H103ClF4O3. The van der Waals surface area contributed by atoms with Gasteiger partial charge in [0.25, 0.3) is 0 Å². The van der Waals surface area contributed by atoms with Gasteiger partial charge in [-0.1, -0.05) is 165 Å². The highest BCUT2D eigenvalue weighted by atomic mass is 35.5. The lowest BCUT2D eigenvalue weighted by atomic mass is 9.76. The first kappa shape index (κ1) is 67.7. The van der Waals surface area contributed by atoms with Crippen molar-refractivity contribution in [2.75, 3.05) is 0 Å². The fraction of sp³-hybridized carbons (Fsp3) is 0.750. The quantitative estimate of drug-likeness (QED) is 0.215. The number of hydrogen-bond acceptors (Lipinski definition) is 2. The summed E-state index contributed by atoms with van der Waals surface area (Å²) in [5, 5.41) is 18.7. The van der Waals surface area contributed by atoms with Gasteiger partial charge in [0.2, 0.25) is 0 Å². The van der Waals surface area contributed by atoms with Crippen LogP contribution in [-0.2, 0) is 0 Å². The third-order valence-corrected chi connectivity index (χ3v) is 14.9. The molecule has 2 N–H and O–H groups in total. The van der Waals surface area contributed by atoms with Crippen molar-refractivity contribution < 1.29 is 32.6 Å². The van der Waals surface area contributed by atoms with Gasteiger partial charge in [0.15, 0.2) is 0 Å². The maximum absolute atomic E-state index is 13.3. The van der Waals surface area contributed by atoms with Gasteiger partial charge in [0, 0.05) is 5.02 Å². The Bertz CT molecular complexity index is 1590. The predicted molar refractivity (Wildman–Crippen MR) is 288 cm³/mol. The molecule has 2 aromatic carbocycles. The Hall–Kier alpha value is -2.38. The Balaban J connectivity index is 0. The second kappa shape index (κ2) is 34.1. The van der Waals surface area contributed by atoms with E-state index in [1.165, 1.54) is 49.7 Å². The molecule has 0 heterocycles. The summed E-state index contributed by atoms with van der Waals surface area (Å²) in [6.45, 7) is 30.3. The lowest BCUT2D eigenvalue weighted by Crippen LogP contribution is -2.27. The summed E-state index contributed by atoms with van der Waals surface area (Å²) < 4.78 is 50.0. The lowest BCUT2D eigenvalue weighted by molar-refractivity contribution is -0.176. The maximum Gasteiger partial charge on any atom is 0.392 e. The van der Waals surface area contributed by atoms with Crippen molar-refractivity contribution >= 4 is 17.6 Å². The van der Waals surface area contributed by atoms with E-state index in [9.17, 15) is 27.5 Å². The summed E-state index contributed by atoms with van der Waals surface area (Å²) in [6.07, 6.45) is 13.0. The number of carbonyl (C=O) groups is 1. The minimum absolute atomic E-state index is 0. The molecule has 3 nitrogen and oxygen atoms in total. The molecule has 6 rings (SSSR count). The summed E-state index contributed by atoms with van der Waals surface area (Å²) >= 11 is 5.79. The van der Waals surface area contributed by atoms with Gasteiger partial charge < -0.3 is 10.2 Å². The van der Waals surface area contributed by atoms with E-state index >= 15 is 0 Å². The van der Waals surface area contributed by atoms with E-state index in [0.29, 0.717) is 29.7 Å². The molecule has 4 aliphatic carbocycles. The average Bonchev–Trinajstić information content (AvgIpc) is 3.25. The van der Waals surface area contributed by atoms with Crippen molar-refractivity contribution in [2.24, 2.45) is 53.3 Å². The normalized spacial score (nSPS) is 24.7. The van der Waals surface area contributed by atoms with Crippen LogP contribution in [0.3, 0.4) is 0 Å². The van der Waals surface area contributed by atoms with Gasteiger partial charge in [-0.05, 0) is 185 Å². The van der Waals surface area contributed by atoms with Crippen molar-refractivity contribution in [3.05, 3.63) is 81.9 Å². The largest absolute Gasteiger partial charge is 0.478 e. The zero-order valence-electron chi connectivity index (χ0n) is 43.9. The van der Waals surface area contributed by atoms with Crippen molar-refractivity contribution in [3.8, 4) is 0 Å². The molecule has 396 valence electrons.